The lowest BCUT2D eigenvalue weighted by Gasteiger charge is -2.25. The number of aliphatic carboxylic acids is 1. The topological polar surface area (TPSA) is 95.9 Å². The third-order valence-electron chi connectivity index (χ3n) is 3.91. The Morgan fingerprint density at radius 1 is 1.39 bits per heavy atom. The first-order valence-electron chi connectivity index (χ1n) is 7.24. The van der Waals surface area contributed by atoms with Crippen LogP contribution in [0.25, 0.3) is 0 Å². The van der Waals surface area contributed by atoms with Gasteiger partial charge in [0.15, 0.2) is 5.54 Å². The second-order valence-electron chi connectivity index (χ2n) is 5.79. The molecule has 7 nitrogen and oxygen atoms in total. The Morgan fingerprint density at radius 3 is 2.65 bits per heavy atom. The molecule has 0 fully saturated rings. The number of rotatable bonds is 5. The van der Waals surface area contributed by atoms with Crippen molar-refractivity contribution in [1.29, 1.82) is 0 Å². The maximum atomic E-state index is 12.3. The van der Waals surface area contributed by atoms with Gasteiger partial charge in [0.2, 0.25) is 5.91 Å². The molecule has 1 aliphatic heterocycles. The summed E-state index contributed by atoms with van der Waals surface area (Å²) in [4.78, 5) is 36.9. The fourth-order valence-electron chi connectivity index (χ4n) is 2.63. The number of carboxylic acids is 1. The summed E-state index contributed by atoms with van der Waals surface area (Å²) >= 11 is 0. The molecule has 2 amide bonds. The minimum atomic E-state index is -1.50. The van der Waals surface area contributed by atoms with Gasteiger partial charge in [0.25, 0.3) is 5.91 Å². The molecule has 1 aromatic rings. The smallest absolute Gasteiger partial charge is 0.331 e. The van der Waals surface area contributed by atoms with Crippen LogP contribution < -0.4 is 10.2 Å². The number of hydrogen-bond donors (Lipinski definition) is 2. The average molecular weight is 320 g/mol. The highest BCUT2D eigenvalue weighted by Gasteiger charge is 2.35. The number of anilines is 1. The largest absolute Gasteiger partial charge is 0.479 e. The van der Waals surface area contributed by atoms with Crippen LogP contribution in [0.2, 0.25) is 0 Å². The molecule has 124 valence electrons. The molecule has 0 saturated heterocycles. The van der Waals surface area contributed by atoms with Crippen LogP contribution in [0, 0.1) is 0 Å². The number of nitrogens with zero attached hydrogens (tertiary/aromatic N) is 1. The first kappa shape index (κ1) is 17.0. The minimum Gasteiger partial charge on any atom is -0.479 e. The summed E-state index contributed by atoms with van der Waals surface area (Å²) in [7, 11) is 1.37. The summed E-state index contributed by atoms with van der Waals surface area (Å²) in [6.45, 7) is 3.34. The third-order valence-corrected chi connectivity index (χ3v) is 3.91. The van der Waals surface area contributed by atoms with Crippen LogP contribution in [0.1, 0.15) is 29.8 Å². The number of amides is 2. The molecule has 1 aromatic carbocycles. The van der Waals surface area contributed by atoms with E-state index in [0.717, 1.165) is 11.3 Å². The average Bonchev–Trinajstić information content (AvgIpc) is 2.90. The molecule has 7 heteroatoms. The zero-order valence-corrected chi connectivity index (χ0v) is 13.4. The number of nitrogens with one attached hydrogen (secondary N) is 1. The second kappa shape index (κ2) is 6.37. The Kier molecular flexibility index (Phi) is 4.70. The van der Waals surface area contributed by atoms with Crippen LogP contribution in [0.5, 0.6) is 0 Å². The van der Waals surface area contributed by atoms with E-state index in [1.807, 2.05) is 0 Å². The highest BCUT2D eigenvalue weighted by Crippen LogP contribution is 2.29. The Labute approximate surface area is 134 Å². The fourth-order valence-corrected chi connectivity index (χ4v) is 2.63. The third kappa shape index (κ3) is 3.34. The number of ether oxygens (including phenoxy) is 1. The van der Waals surface area contributed by atoms with Crippen LogP contribution in [0.4, 0.5) is 5.69 Å². The van der Waals surface area contributed by atoms with Crippen molar-refractivity contribution in [2.75, 3.05) is 25.2 Å². The highest BCUT2D eigenvalue weighted by atomic mass is 16.5. The molecule has 1 unspecified atom stereocenters. The molecule has 0 radical (unpaired) electrons. The van der Waals surface area contributed by atoms with Crippen molar-refractivity contribution in [2.24, 2.45) is 0 Å². The van der Waals surface area contributed by atoms with E-state index < -0.39 is 17.4 Å². The summed E-state index contributed by atoms with van der Waals surface area (Å²) in [5.41, 5.74) is 0.553. The van der Waals surface area contributed by atoms with Crippen LogP contribution in [-0.4, -0.2) is 48.7 Å². The second-order valence-corrected chi connectivity index (χ2v) is 5.79. The molecule has 1 aliphatic rings. The Balaban J connectivity index is 2.21. The Bertz CT molecular complexity index is 658. The maximum absolute atomic E-state index is 12.3. The van der Waals surface area contributed by atoms with Crippen molar-refractivity contribution in [3.8, 4) is 0 Å². The molecule has 2 rings (SSSR count). The zero-order valence-electron chi connectivity index (χ0n) is 13.4. The summed E-state index contributed by atoms with van der Waals surface area (Å²) in [5.74, 6) is -1.70. The van der Waals surface area contributed by atoms with Gasteiger partial charge in [0.1, 0.15) is 0 Å². The van der Waals surface area contributed by atoms with Crippen molar-refractivity contribution in [2.45, 2.75) is 25.8 Å². The van der Waals surface area contributed by atoms with Gasteiger partial charge in [-0.05, 0) is 37.1 Å². The van der Waals surface area contributed by atoms with E-state index in [4.69, 9.17) is 4.74 Å². The number of carbonyl (C=O) groups is 3. The van der Waals surface area contributed by atoms with E-state index in [1.54, 1.807) is 23.1 Å². The predicted molar refractivity (Wildman–Crippen MR) is 83.6 cm³/mol. The van der Waals surface area contributed by atoms with Gasteiger partial charge < -0.3 is 20.1 Å². The van der Waals surface area contributed by atoms with E-state index in [-0.39, 0.29) is 12.5 Å². The van der Waals surface area contributed by atoms with E-state index in [1.165, 1.54) is 21.0 Å². The lowest BCUT2D eigenvalue weighted by atomic mass is 10.0. The van der Waals surface area contributed by atoms with Crippen molar-refractivity contribution in [1.82, 2.24) is 5.32 Å². The SMILES string of the molecule is COCC(C)(NC(=O)c1ccc2c(c1)CCN2C(C)=O)C(=O)O. The molecule has 0 saturated carbocycles. The lowest BCUT2D eigenvalue weighted by Crippen LogP contribution is -2.55. The van der Waals surface area contributed by atoms with Gasteiger partial charge in [-0.1, -0.05) is 0 Å². The monoisotopic (exact) mass is 320 g/mol. The van der Waals surface area contributed by atoms with Gasteiger partial charge in [0, 0.05) is 31.8 Å². The predicted octanol–water partition coefficient (Wildman–Crippen LogP) is 0.815. The molecule has 0 aliphatic carbocycles. The number of hydrogen-bond acceptors (Lipinski definition) is 4. The van der Waals surface area contributed by atoms with E-state index in [2.05, 4.69) is 5.32 Å². The zero-order chi connectivity index (χ0) is 17.2. The van der Waals surface area contributed by atoms with Gasteiger partial charge in [0.05, 0.1) is 6.61 Å². The van der Waals surface area contributed by atoms with Crippen molar-refractivity contribution in [3.63, 3.8) is 0 Å². The molecular formula is C16H20N2O5. The maximum Gasteiger partial charge on any atom is 0.331 e. The number of methoxy groups -OCH3 is 1. The number of carbonyl (C=O) groups excluding carboxylic acids is 2. The van der Waals surface area contributed by atoms with E-state index >= 15 is 0 Å². The quantitative estimate of drug-likeness (QED) is 0.837. The standard InChI is InChI=1S/C16H20N2O5/c1-10(19)18-7-6-11-8-12(4-5-13(11)18)14(20)17-16(2,9-23-3)15(21)22/h4-5,8H,6-7,9H2,1-3H3,(H,17,20)(H,21,22). The van der Waals surface area contributed by atoms with Crippen LogP contribution in [0.15, 0.2) is 18.2 Å². The van der Waals surface area contributed by atoms with Crippen molar-refractivity contribution < 1.29 is 24.2 Å². The van der Waals surface area contributed by atoms with Gasteiger partial charge in [-0.3, -0.25) is 9.59 Å². The van der Waals surface area contributed by atoms with Crippen LogP contribution in [-0.2, 0) is 20.7 Å². The molecule has 1 atom stereocenters. The first-order chi connectivity index (χ1) is 10.8. The van der Waals surface area contributed by atoms with Crippen LogP contribution >= 0.6 is 0 Å². The minimum absolute atomic E-state index is 0.0421. The molecular weight excluding hydrogens is 300 g/mol. The first-order valence-corrected chi connectivity index (χ1v) is 7.24. The van der Waals surface area contributed by atoms with Crippen LogP contribution in [0.3, 0.4) is 0 Å². The van der Waals surface area contributed by atoms with Gasteiger partial charge >= 0.3 is 5.97 Å². The van der Waals surface area contributed by atoms with E-state index in [0.29, 0.717) is 18.5 Å². The summed E-state index contributed by atoms with van der Waals surface area (Å²) in [6.07, 6.45) is 0.671. The fraction of sp³-hybridized carbons (Fsp3) is 0.438. The Morgan fingerprint density at radius 2 is 2.09 bits per heavy atom. The number of benzene rings is 1. The summed E-state index contributed by atoms with van der Waals surface area (Å²) < 4.78 is 4.88. The molecule has 2 N–H and O–H groups in total. The summed E-state index contributed by atoms with van der Waals surface area (Å²) in [6, 6.07) is 5.00. The molecule has 1 heterocycles. The van der Waals surface area contributed by atoms with Gasteiger partial charge in [-0.15, -0.1) is 0 Å². The lowest BCUT2D eigenvalue weighted by molar-refractivity contribution is -0.145. The Hall–Kier alpha value is -2.41. The molecule has 0 spiro atoms. The van der Waals surface area contributed by atoms with Crippen molar-refractivity contribution >= 4 is 23.5 Å². The van der Waals surface area contributed by atoms with Gasteiger partial charge in [-0.2, -0.15) is 0 Å². The number of fused-ring (bicyclic) bond motifs is 1. The van der Waals surface area contributed by atoms with E-state index in [9.17, 15) is 19.5 Å². The normalized spacial score (nSPS) is 15.7. The van der Waals surface area contributed by atoms with Gasteiger partial charge in [-0.25, -0.2) is 4.79 Å². The van der Waals surface area contributed by atoms with Crippen molar-refractivity contribution in [3.05, 3.63) is 29.3 Å². The molecule has 0 bridgehead atoms. The molecule has 0 aromatic heterocycles. The summed E-state index contributed by atoms with van der Waals surface area (Å²) in [5, 5.41) is 11.8. The molecule has 23 heavy (non-hydrogen) atoms. The number of carboxylic acid groups (broad SMARTS) is 1. The highest BCUT2D eigenvalue weighted by molar-refractivity contribution is 6.00.